The zero-order valence-corrected chi connectivity index (χ0v) is 10.8. The van der Waals surface area contributed by atoms with Crippen LogP contribution in [-0.4, -0.2) is 32.5 Å². The summed E-state index contributed by atoms with van der Waals surface area (Å²) < 4.78 is 38.4. The van der Waals surface area contributed by atoms with E-state index >= 15 is 0 Å². The summed E-state index contributed by atoms with van der Waals surface area (Å²) in [7, 11) is 0. The third kappa shape index (κ3) is 2.18. The highest BCUT2D eigenvalue weighted by molar-refractivity contribution is 5.85. The molecule has 3 nitrogen and oxygen atoms in total. The topological polar surface area (TPSA) is 32.3 Å². The van der Waals surface area contributed by atoms with Gasteiger partial charge in [-0.25, -0.2) is 0 Å². The highest BCUT2D eigenvalue weighted by Gasteiger charge is 2.43. The molecule has 2 heterocycles. The average molecular weight is 284 g/mol. The molecule has 1 aromatic carbocycles. The predicted octanol–water partition coefficient (Wildman–Crippen LogP) is 2.32. The smallest absolute Gasteiger partial charge is 0.370 e. The van der Waals surface area contributed by atoms with Crippen LogP contribution in [0.3, 0.4) is 0 Å². The lowest BCUT2D eigenvalue weighted by atomic mass is 9.81. The second-order valence-electron chi connectivity index (χ2n) is 5.66. The summed E-state index contributed by atoms with van der Waals surface area (Å²) in [6, 6.07) is 3.31. The van der Waals surface area contributed by atoms with Crippen LogP contribution >= 0.6 is 0 Å². The maximum absolute atomic E-state index is 12.8. The van der Waals surface area contributed by atoms with E-state index in [1.165, 1.54) is 6.07 Å². The second kappa shape index (κ2) is 4.48. The number of hydrogen-bond acceptors (Lipinski definition) is 3. The minimum Gasteiger partial charge on any atom is -0.370 e. The van der Waals surface area contributed by atoms with Crippen LogP contribution in [0.2, 0.25) is 0 Å². The second-order valence-corrected chi connectivity index (χ2v) is 5.66. The fraction of sp³-hybridized carbons (Fsp3) is 0.500. The first kappa shape index (κ1) is 13.4. The molecule has 0 aromatic heterocycles. The van der Waals surface area contributed by atoms with Gasteiger partial charge in [0.05, 0.1) is 5.56 Å². The van der Waals surface area contributed by atoms with E-state index in [1.807, 2.05) is 4.90 Å². The summed E-state index contributed by atoms with van der Waals surface area (Å²) in [4.78, 5) is 13.0. The Hall–Kier alpha value is -1.56. The van der Waals surface area contributed by atoms with Gasteiger partial charge >= 0.3 is 6.18 Å². The van der Waals surface area contributed by atoms with Crippen molar-refractivity contribution in [3.8, 4) is 0 Å². The lowest BCUT2D eigenvalue weighted by molar-refractivity contribution is -0.137. The number of rotatable bonds is 2. The number of anilines is 1. The SMILES string of the molecule is O=Cc1ccc(C(F)(F)F)cc1N1CCC2(CNC2)C1. The van der Waals surface area contributed by atoms with E-state index < -0.39 is 11.7 Å². The van der Waals surface area contributed by atoms with E-state index in [-0.39, 0.29) is 5.41 Å². The normalized spacial score (nSPS) is 21.1. The van der Waals surface area contributed by atoms with E-state index in [0.717, 1.165) is 31.6 Å². The summed E-state index contributed by atoms with van der Waals surface area (Å²) in [5.41, 5.74) is 0.195. The van der Waals surface area contributed by atoms with Gasteiger partial charge in [0.15, 0.2) is 6.29 Å². The zero-order chi connectivity index (χ0) is 14.4. The van der Waals surface area contributed by atoms with Crippen LogP contribution < -0.4 is 10.2 Å². The van der Waals surface area contributed by atoms with Gasteiger partial charge in [0.2, 0.25) is 0 Å². The molecule has 0 bridgehead atoms. The fourth-order valence-electron chi connectivity index (χ4n) is 3.00. The van der Waals surface area contributed by atoms with Gasteiger partial charge in [-0.1, -0.05) is 0 Å². The Morgan fingerprint density at radius 3 is 2.55 bits per heavy atom. The third-order valence-corrected chi connectivity index (χ3v) is 4.26. The molecular formula is C14H15F3N2O. The third-order valence-electron chi connectivity index (χ3n) is 4.26. The lowest BCUT2D eigenvalue weighted by Gasteiger charge is -2.39. The summed E-state index contributed by atoms with van der Waals surface area (Å²) in [6.45, 7) is 3.21. The molecular weight excluding hydrogens is 269 g/mol. The number of carbonyl (C=O) groups is 1. The summed E-state index contributed by atoms with van der Waals surface area (Å²) in [5.74, 6) is 0. The summed E-state index contributed by atoms with van der Waals surface area (Å²) in [5, 5.41) is 3.20. The van der Waals surface area contributed by atoms with Crippen molar-refractivity contribution >= 4 is 12.0 Å². The molecule has 1 N–H and O–H groups in total. The Kier molecular flexibility index (Phi) is 3.01. The number of alkyl halides is 3. The molecule has 1 aromatic rings. The van der Waals surface area contributed by atoms with Crippen molar-refractivity contribution < 1.29 is 18.0 Å². The van der Waals surface area contributed by atoms with Crippen LogP contribution in [0.25, 0.3) is 0 Å². The van der Waals surface area contributed by atoms with Crippen molar-refractivity contribution in [2.45, 2.75) is 12.6 Å². The van der Waals surface area contributed by atoms with Crippen molar-refractivity contribution in [1.82, 2.24) is 5.32 Å². The Balaban J connectivity index is 1.93. The van der Waals surface area contributed by atoms with Crippen molar-refractivity contribution in [3.63, 3.8) is 0 Å². The first-order valence-corrected chi connectivity index (χ1v) is 6.56. The molecule has 2 aliphatic heterocycles. The molecule has 6 heteroatoms. The van der Waals surface area contributed by atoms with Crippen molar-refractivity contribution in [2.24, 2.45) is 5.41 Å². The Labute approximate surface area is 114 Å². The van der Waals surface area contributed by atoms with E-state index in [2.05, 4.69) is 5.32 Å². The van der Waals surface area contributed by atoms with Crippen LogP contribution in [0.5, 0.6) is 0 Å². The van der Waals surface area contributed by atoms with Crippen LogP contribution in [0.4, 0.5) is 18.9 Å². The monoisotopic (exact) mass is 284 g/mol. The molecule has 2 aliphatic rings. The van der Waals surface area contributed by atoms with Crippen LogP contribution in [0.15, 0.2) is 18.2 Å². The molecule has 0 unspecified atom stereocenters. The molecule has 2 saturated heterocycles. The molecule has 20 heavy (non-hydrogen) atoms. The molecule has 0 amide bonds. The summed E-state index contributed by atoms with van der Waals surface area (Å²) >= 11 is 0. The number of aldehydes is 1. The maximum Gasteiger partial charge on any atom is 0.416 e. The Morgan fingerprint density at radius 1 is 1.30 bits per heavy atom. The maximum atomic E-state index is 12.8. The van der Waals surface area contributed by atoms with E-state index in [4.69, 9.17) is 0 Å². The minimum atomic E-state index is -4.38. The number of nitrogens with zero attached hydrogens (tertiary/aromatic N) is 1. The number of hydrogen-bond donors (Lipinski definition) is 1. The van der Waals surface area contributed by atoms with Crippen molar-refractivity contribution in [2.75, 3.05) is 31.1 Å². The highest BCUT2D eigenvalue weighted by Crippen LogP contribution is 2.39. The molecule has 108 valence electrons. The van der Waals surface area contributed by atoms with E-state index in [1.54, 1.807) is 0 Å². The fourth-order valence-corrected chi connectivity index (χ4v) is 3.00. The van der Waals surface area contributed by atoms with Crippen LogP contribution in [0.1, 0.15) is 22.3 Å². The van der Waals surface area contributed by atoms with Gasteiger partial charge in [-0.05, 0) is 24.6 Å². The summed E-state index contributed by atoms with van der Waals surface area (Å²) in [6.07, 6.45) is -2.81. The van der Waals surface area contributed by atoms with Gasteiger partial charge in [-0.15, -0.1) is 0 Å². The molecule has 3 rings (SSSR count). The van der Waals surface area contributed by atoms with Gasteiger partial charge in [-0.2, -0.15) is 13.2 Å². The molecule has 0 aliphatic carbocycles. The number of benzene rings is 1. The van der Waals surface area contributed by atoms with Gasteiger partial charge in [0, 0.05) is 42.8 Å². The molecule has 0 saturated carbocycles. The molecule has 0 radical (unpaired) electrons. The number of nitrogens with one attached hydrogen (secondary N) is 1. The molecule has 1 spiro atoms. The zero-order valence-electron chi connectivity index (χ0n) is 10.8. The lowest BCUT2D eigenvalue weighted by Crippen LogP contribution is -2.54. The molecule has 2 fully saturated rings. The number of halogens is 3. The minimum absolute atomic E-state index is 0.175. The molecule has 0 atom stereocenters. The van der Waals surface area contributed by atoms with E-state index in [0.29, 0.717) is 30.6 Å². The quantitative estimate of drug-likeness (QED) is 0.846. The van der Waals surface area contributed by atoms with Gasteiger partial charge < -0.3 is 10.2 Å². The largest absolute Gasteiger partial charge is 0.416 e. The van der Waals surface area contributed by atoms with Gasteiger partial charge in [0.1, 0.15) is 0 Å². The van der Waals surface area contributed by atoms with Crippen LogP contribution in [0, 0.1) is 5.41 Å². The standard InChI is InChI=1S/C14H15F3N2O/c15-14(16,17)11-2-1-10(6-20)12(5-11)19-4-3-13(9-19)7-18-8-13/h1-2,5-6,18H,3-4,7-9H2. The van der Waals surface area contributed by atoms with Crippen LogP contribution in [-0.2, 0) is 6.18 Å². The Morgan fingerprint density at radius 2 is 2.05 bits per heavy atom. The Bertz CT molecular complexity index is 538. The van der Waals surface area contributed by atoms with Gasteiger partial charge in [-0.3, -0.25) is 4.79 Å². The first-order valence-electron chi connectivity index (χ1n) is 6.56. The first-order chi connectivity index (χ1) is 9.43. The number of carbonyl (C=O) groups excluding carboxylic acids is 1. The highest BCUT2D eigenvalue weighted by atomic mass is 19.4. The predicted molar refractivity (Wildman–Crippen MR) is 69.0 cm³/mol. The van der Waals surface area contributed by atoms with Gasteiger partial charge in [0.25, 0.3) is 0 Å². The average Bonchev–Trinajstić information content (AvgIpc) is 2.82. The van der Waals surface area contributed by atoms with Crippen molar-refractivity contribution in [1.29, 1.82) is 0 Å². The van der Waals surface area contributed by atoms with Crippen molar-refractivity contribution in [3.05, 3.63) is 29.3 Å². The van der Waals surface area contributed by atoms with E-state index in [9.17, 15) is 18.0 Å².